The highest BCUT2D eigenvalue weighted by Gasteiger charge is 2.33. The summed E-state index contributed by atoms with van der Waals surface area (Å²) in [6, 6.07) is 5.69. The molecule has 1 aromatic heterocycles. The molecular weight excluding hydrogens is 506 g/mol. The summed E-state index contributed by atoms with van der Waals surface area (Å²) in [4.78, 5) is 39.9. The molecule has 0 aliphatic carbocycles. The molecule has 0 saturated carbocycles. The van der Waals surface area contributed by atoms with Gasteiger partial charge in [-0.15, -0.1) is 11.3 Å². The number of rotatable bonds is 5. The number of esters is 1. The first-order valence-corrected chi connectivity index (χ1v) is 13.8. The minimum atomic E-state index is -3.73. The van der Waals surface area contributed by atoms with Gasteiger partial charge >= 0.3 is 5.97 Å². The predicted octanol–water partition coefficient (Wildman–Crippen LogP) is 2.49. The van der Waals surface area contributed by atoms with Crippen LogP contribution in [-0.4, -0.2) is 74.4 Å². The molecule has 2 aliphatic rings. The molecule has 0 radical (unpaired) electrons. The Hall–Kier alpha value is -2.80. The fourth-order valence-electron chi connectivity index (χ4n) is 4.51. The lowest BCUT2D eigenvalue weighted by atomic mass is 10.0. The second-order valence-corrected chi connectivity index (χ2v) is 12.0. The largest absolute Gasteiger partial charge is 0.465 e. The van der Waals surface area contributed by atoms with E-state index in [0.717, 1.165) is 10.4 Å². The highest BCUT2D eigenvalue weighted by Crippen LogP contribution is 2.38. The van der Waals surface area contributed by atoms with Crippen molar-refractivity contribution >= 4 is 44.1 Å². The molecule has 1 fully saturated rings. The Morgan fingerprint density at radius 1 is 1.11 bits per heavy atom. The number of amides is 2. The highest BCUT2D eigenvalue weighted by molar-refractivity contribution is 7.89. The van der Waals surface area contributed by atoms with Gasteiger partial charge in [0.05, 0.1) is 36.3 Å². The van der Waals surface area contributed by atoms with Crippen LogP contribution in [-0.2, 0) is 37.3 Å². The Kier molecular flexibility index (Phi) is 7.51. The SMILES string of the molecule is COC(=O)c1c(NC(=O)c2ccc(S(=O)(=O)N3CC(C)OC(C)C3)cc2)sc2c1CCN(C(C)=O)C2. The van der Waals surface area contributed by atoms with Crippen LogP contribution >= 0.6 is 11.3 Å². The first kappa shape index (κ1) is 26.3. The first-order valence-electron chi connectivity index (χ1n) is 11.6. The molecule has 1 N–H and O–H groups in total. The number of hydrogen-bond acceptors (Lipinski definition) is 8. The average Bonchev–Trinajstić information content (AvgIpc) is 3.19. The number of nitrogens with one attached hydrogen (secondary N) is 1. The maximum Gasteiger partial charge on any atom is 0.341 e. The van der Waals surface area contributed by atoms with Crippen LogP contribution in [0.25, 0.3) is 0 Å². The number of anilines is 1. The monoisotopic (exact) mass is 535 g/mol. The van der Waals surface area contributed by atoms with Crippen molar-refractivity contribution in [2.24, 2.45) is 0 Å². The number of methoxy groups -OCH3 is 1. The number of nitrogens with zero attached hydrogens (tertiary/aromatic N) is 2. The number of fused-ring (bicyclic) bond motifs is 1. The van der Waals surface area contributed by atoms with Crippen LogP contribution in [0.3, 0.4) is 0 Å². The van der Waals surface area contributed by atoms with E-state index in [1.54, 1.807) is 4.90 Å². The molecule has 4 rings (SSSR count). The van der Waals surface area contributed by atoms with E-state index in [1.807, 2.05) is 13.8 Å². The number of carbonyl (C=O) groups excluding carboxylic acids is 3. The highest BCUT2D eigenvalue weighted by atomic mass is 32.2. The minimum Gasteiger partial charge on any atom is -0.465 e. The van der Waals surface area contributed by atoms with Crippen molar-refractivity contribution in [3.8, 4) is 0 Å². The van der Waals surface area contributed by atoms with Gasteiger partial charge in [0.15, 0.2) is 0 Å². The third-order valence-electron chi connectivity index (χ3n) is 6.26. The Morgan fingerprint density at radius 3 is 2.33 bits per heavy atom. The van der Waals surface area contributed by atoms with Crippen molar-refractivity contribution in [3.63, 3.8) is 0 Å². The van der Waals surface area contributed by atoms with Crippen LogP contribution in [0.2, 0.25) is 0 Å². The second-order valence-electron chi connectivity index (χ2n) is 8.95. The van der Waals surface area contributed by atoms with E-state index in [9.17, 15) is 22.8 Å². The van der Waals surface area contributed by atoms with Gasteiger partial charge in [-0.3, -0.25) is 9.59 Å². The van der Waals surface area contributed by atoms with Gasteiger partial charge in [-0.05, 0) is 50.1 Å². The quantitative estimate of drug-likeness (QED) is 0.584. The fraction of sp³-hybridized carbons (Fsp3) is 0.458. The number of benzene rings is 1. The van der Waals surface area contributed by atoms with Crippen LogP contribution in [0, 0.1) is 0 Å². The number of thiophene rings is 1. The van der Waals surface area contributed by atoms with E-state index in [2.05, 4.69) is 5.32 Å². The molecule has 194 valence electrons. The number of ether oxygens (including phenoxy) is 2. The Bertz CT molecular complexity index is 1280. The molecule has 2 amide bonds. The van der Waals surface area contributed by atoms with Gasteiger partial charge in [0.2, 0.25) is 15.9 Å². The normalized spacial score (nSPS) is 20.5. The number of sulfonamides is 1. The maximum atomic E-state index is 13.1. The summed E-state index contributed by atoms with van der Waals surface area (Å²) >= 11 is 1.24. The fourth-order valence-corrected chi connectivity index (χ4v) is 7.34. The molecule has 3 heterocycles. The Labute approximate surface area is 214 Å². The predicted molar refractivity (Wildman–Crippen MR) is 134 cm³/mol. The lowest BCUT2D eigenvalue weighted by Gasteiger charge is -2.34. The zero-order valence-corrected chi connectivity index (χ0v) is 22.2. The molecular formula is C24H29N3O7S2. The summed E-state index contributed by atoms with van der Waals surface area (Å²) in [5.41, 5.74) is 1.31. The zero-order valence-electron chi connectivity index (χ0n) is 20.6. The third kappa shape index (κ3) is 5.17. The molecule has 2 unspecified atom stereocenters. The molecule has 36 heavy (non-hydrogen) atoms. The summed E-state index contributed by atoms with van der Waals surface area (Å²) in [7, 11) is -2.46. The van der Waals surface area contributed by atoms with Crippen LogP contribution in [0.5, 0.6) is 0 Å². The molecule has 2 aliphatic heterocycles. The lowest BCUT2D eigenvalue weighted by molar-refractivity contribution is -0.129. The van der Waals surface area contributed by atoms with Gasteiger partial charge in [-0.2, -0.15) is 4.31 Å². The molecule has 1 saturated heterocycles. The van der Waals surface area contributed by atoms with Crippen LogP contribution in [0.1, 0.15) is 51.9 Å². The second kappa shape index (κ2) is 10.3. The molecule has 0 bridgehead atoms. The van der Waals surface area contributed by atoms with Crippen molar-refractivity contribution < 1.29 is 32.3 Å². The number of hydrogen-bond donors (Lipinski definition) is 1. The van der Waals surface area contributed by atoms with Gasteiger partial charge in [-0.1, -0.05) is 0 Å². The van der Waals surface area contributed by atoms with Gasteiger partial charge in [0.25, 0.3) is 5.91 Å². The van der Waals surface area contributed by atoms with E-state index in [0.29, 0.717) is 30.1 Å². The summed E-state index contributed by atoms with van der Waals surface area (Å²) in [6.45, 7) is 6.51. The maximum absolute atomic E-state index is 13.1. The van der Waals surface area contributed by atoms with Crippen LogP contribution in [0.4, 0.5) is 5.00 Å². The molecule has 2 atom stereocenters. The zero-order chi connectivity index (χ0) is 26.2. The van der Waals surface area contributed by atoms with Gasteiger partial charge in [0, 0.05) is 37.0 Å². The minimum absolute atomic E-state index is 0.0599. The summed E-state index contributed by atoms with van der Waals surface area (Å²) in [6.07, 6.45) is 0.0605. The molecule has 12 heteroatoms. The van der Waals surface area contributed by atoms with Gasteiger partial charge < -0.3 is 19.7 Å². The van der Waals surface area contributed by atoms with Crippen LogP contribution in [0.15, 0.2) is 29.2 Å². The lowest BCUT2D eigenvalue weighted by Crippen LogP contribution is -2.48. The van der Waals surface area contributed by atoms with E-state index in [-0.39, 0.29) is 41.7 Å². The standard InChI is InChI=1S/C24H29N3O7S2/c1-14-11-27(12-15(2)34-14)36(31,32)18-7-5-17(6-8-18)22(29)25-23-21(24(30)33-4)19-9-10-26(16(3)28)13-20(19)35-23/h5-8,14-15H,9-13H2,1-4H3,(H,25,29). The molecule has 1 aromatic carbocycles. The van der Waals surface area contributed by atoms with Gasteiger partial charge in [-0.25, -0.2) is 13.2 Å². The van der Waals surface area contributed by atoms with E-state index in [4.69, 9.17) is 9.47 Å². The van der Waals surface area contributed by atoms with Crippen molar-refractivity contribution in [1.29, 1.82) is 0 Å². The summed E-state index contributed by atoms with van der Waals surface area (Å²) in [5, 5.41) is 3.12. The smallest absolute Gasteiger partial charge is 0.341 e. The summed E-state index contributed by atoms with van der Waals surface area (Å²) in [5.74, 6) is -1.11. The first-order chi connectivity index (χ1) is 17.0. The van der Waals surface area contributed by atoms with Crippen molar-refractivity contribution in [3.05, 3.63) is 45.8 Å². The van der Waals surface area contributed by atoms with E-state index < -0.39 is 21.9 Å². The number of morpholine rings is 1. The Morgan fingerprint density at radius 2 is 1.75 bits per heavy atom. The number of carbonyl (C=O) groups is 3. The van der Waals surface area contributed by atoms with E-state index in [1.165, 1.54) is 53.9 Å². The van der Waals surface area contributed by atoms with E-state index >= 15 is 0 Å². The van der Waals surface area contributed by atoms with Crippen molar-refractivity contribution in [2.45, 2.75) is 50.8 Å². The molecule has 2 aromatic rings. The summed E-state index contributed by atoms with van der Waals surface area (Å²) < 4.78 is 38.1. The molecule has 0 spiro atoms. The topological polar surface area (TPSA) is 122 Å². The molecule has 10 nitrogen and oxygen atoms in total. The average molecular weight is 536 g/mol. The van der Waals surface area contributed by atoms with Gasteiger partial charge in [0.1, 0.15) is 5.00 Å². The third-order valence-corrected chi connectivity index (χ3v) is 9.24. The van der Waals surface area contributed by atoms with Crippen molar-refractivity contribution in [2.75, 3.05) is 32.1 Å². The van der Waals surface area contributed by atoms with Crippen molar-refractivity contribution in [1.82, 2.24) is 9.21 Å². The van der Waals surface area contributed by atoms with Crippen LogP contribution < -0.4 is 5.32 Å². The Balaban J connectivity index is 1.55.